The number of nitro groups is 1. The van der Waals surface area contributed by atoms with Gasteiger partial charge < -0.3 is 10.6 Å². The second-order valence-corrected chi connectivity index (χ2v) is 5.12. The van der Waals surface area contributed by atoms with Crippen LogP contribution in [0.15, 0.2) is 30.4 Å². The largest absolute Gasteiger partial charge is 0.324 e. The Balaban J connectivity index is 2.01. The summed E-state index contributed by atoms with van der Waals surface area (Å²) in [4.78, 5) is 34.8. The normalized spacial score (nSPS) is 24.0. The van der Waals surface area contributed by atoms with E-state index < -0.39 is 16.8 Å². The fourth-order valence-corrected chi connectivity index (χ4v) is 2.70. The lowest BCUT2D eigenvalue weighted by atomic mass is 9.81. The van der Waals surface area contributed by atoms with E-state index in [4.69, 9.17) is 0 Å². The number of benzene rings is 1. The topological polar surface area (TPSA) is 101 Å². The summed E-state index contributed by atoms with van der Waals surface area (Å²) in [6.45, 7) is 0. The molecule has 0 unspecified atom stereocenters. The molecule has 1 aliphatic carbocycles. The molecule has 3 rings (SSSR count). The molecule has 2 N–H and O–H groups in total. The van der Waals surface area contributed by atoms with Gasteiger partial charge in [0.05, 0.1) is 28.1 Å². The SMILES string of the molecule is O=C1Nc2ccc([N+](=O)[O-])cc2NC(=O)[C@H]2CC=CC[C@H]12. The maximum atomic E-state index is 12.3. The van der Waals surface area contributed by atoms with E-state index in [1.807, 2.05) is 12.2 Å². The Labute approximate surface area is 120 Å². The molecule has 0 bridgehead atoms. The van der Waals surface area contributed by atoms with Crippen LogP contribution in [0.2, 0.25) is 0 Å². The van der Waals surface area contributed by atoms with Gasteiger partial charge in [0.15, 0.2) is 0 Å². The quantitative estimate of drug-likeness (QED) is 0.469. The van der Waals surface area contributed by atoms with Crippen LogP contribution in [0, 0.1) is 22.0 Å². The Hall–Kier alpha value is -2.70. The lowest BCUT2D eigenvalue weighted by molar-refractivity contribution is -0.384. The zero-order chi connectivity index (χ0) is 15.0. The van der Waals surface area contributed by atoms with Gasteiger partial charge >= 0.3 is 0 Å². The monoisotopic (exact) mass is 287 g/mol. The molecule has 0 fully saturated rings. The predicted molar refractivity (Wildman–Crippen MR) is 75.7 cm³/mol. The van der Waals surface area contributed by atoms with Gasteiger partial charge in [-0.05, 0) is 18.9 Å². The van der Waals surface area contributed by atoms with Gasteiger partial charge in [0, 0.05) is 12.1 Å². The van der Waals surface area contributed by atoms with Crippen molar-refractivity contribution < 1.29 is 14.5 Å². The number of allylic oxidation sites excluding steroid dienone is 2. The number of carbonyl (C=O) groups is 2. The Kier molecular flexibility index (Phi) is 3.17. The van der Waals surface area contributed by atoms with Gasteiger partial charge in [-0.15, -0.1) is 0 Å². The highest BCUT2D eigenvalue weighted by atomic mass is 16.6. The summed E-state index contributed by atoms with van der Waals surface area (Å²) in [6.07, 6.45) is 4.79. The number of hydrogen-bond donors (Lipinski definition) is 2. The van der Waals surface area contributed by atoms with Gasteiger partial charge in [0.2, 0.25) is 11.8 Å². The molecule has 0 radical (unpaired) electrons. The molecular formula is C14H13N3O4. The molecule has 21 heavy (non-hydrogen) atoms. The fourth-order valence-electron chi connectivity index (χ4n) is 2.70. The van der Waals surface area contributed by atoms with Crippen molar-refractivity contribution in [2.45, 2.75) is 12.8 Å². The number of anilines is 2. The lowest BCUT2D eigenvalue weighted by Gasteiger charge is -2.29. The highest BCUT2D eigenvalue weighted by molar-refractivity contribution is 6.06. The van der Waals surface area contributed by atoms with Crippen LogP contribution in [0.1, 0.15) is 12.8 Å². The van der Waals surface area contributed by atoms with Crippen molar-refractivity contribution in [1.82, 2.24) is 0 Å². The second-order valence-electron chi connectivity index (χ2n) is 5.12. The summed E-state index contributed by atoms with van der Waals surface area (Å²) in [5, 5.41) is 16.2. The fraction of sp³-hybridized carbons (Fsp3) is 0.286. The average molecular weight is 287 g/mol. The smallest absolute Gasteiger partial charge is 0.271 e. The van der Waals surface area contributed by atoms with Crippen LogP contribution in [0.25, 0.3) is 0 Å². The first-order valence-electron chi connectivity index (χ1n) is 6.61. The first-order valence-corrected chi connectivity index (χ1v) is 6.61. The van der Waals surface area contributed by atoms with Crippen molar-refractivity contribution >= 4 is 28.9 Å². The summed E-state index contributed by atoms with van der Waals surface area (Å²) >= 11 is 0. The lowest BCUT2D eigenvalue weighted by Crippen LogP contribution is -2.39. The Morgan fingerprint density at radius 1 is 1.00 bits per heavy atom. The molecule has 0 saturated heterocycles. The van der Waals surface area contributed by atoms with Gasteiger partial charge in [-0.1, -0.05) is 12.2 Å². The molecule has 0 saturated carbocycles. The molecule has 7 nitrogen and oxygen atoms in total. The number of non-ortho nitro benzene ring substituents is 1. The molecule has 0 aromatic heterocycles. The van der Waals surface area contributed by atoms with Crippen molar-refractivity contribution in [2.75, 3.05) is 10.6 Å². The number of hydrogen-bond acceptors (Lipinski definition) is 4. The summed E-state index contributed by atoms with van der Waals surface area (Å²) in [5.74, 6) is -1.35. The third-order valence-corrected chi connectivity index (χ3v) is 3.84. The van der Waals surface area contributed by atoms with Crippen LogP contribution in [-0.2, 0) is 9.59 Å². The van der Waals surface area contributed by atoms with E-state index in [9.17, 15) is 19.7 Å². The highest BCUT2D eigenvalue weighted by Crippen LogP contribution is 2.34. The molecular weight excluding hydrogens is 274 g/mol. The number of nitrogens with zero attached hydrogens (tertiary/aromatic N) is 1. The molecule has 1 heterocycles. The zero-order valence-electron chi connectivity index (χ0n) is 11.0. The van der Waals surface area contributed by atoms with E-state index in [0.717, 1.165) is 0 Å². The van der Waals surface area contributed by atoms with E-state index in [1.54, 1.807) is 0 Å². The summed E-state index contributed by atoms with van der Waals surface area (Å²) < 4.78 is 0. The van der Waals surface area contributed by atoms with Gasteiger partial charge in [0.25, 0.3) is 5.69 Å². The standard InChI is InChI=1S/C14H13N3O4/c18-13-9-3-1-2-4-10(9)14(19)16-12-7-8(17(20)21)5-6-11(12)15-13/h1-2,5-7,9-10H,3-4H2,(H,15,18)(H,16,19)/t9-,10-/m0/s1. The first-order chi connectivity index (χ1) is 10.1. The minimum absolute atomic E-state index is 0.135. The number of nitrogens with one attached hydrogen (secondary N) is 2. The third-order valence-electron chi connectivity index (χ3n) is 3.84. The van der Waals surface area contributed by atoms with Crippen molar-refractivity contribution in [3.8, 4) is 0 Å². The summed E-state index contributed by atoms with van der Waals surface area (Å²) in [6, 6.07) is 3.99. The molecule has 108 valence electrons. The van der Waals surface area contributed by atoms with E-state index in [-0.39, 0.29) is 23.2 Å². The molecule has 2 aliphatic rings. The number of nitro benzene ring substituents is 1. The van der Waals surface area contributed by atoms with Crippen molar-refractivity contribution in [3.63, 3.8) is 0 Å². The second kappa shape index (κ2) is 5.01. The van der Waals surface area contributed by atoms with Gasteiger partial charge in [-0.25, -0.2) is 0 Å². The number of fused-ring (bicyclic) bond motifs is 2. The number of rotatable bonds is 1. The van der Waals surface area contributed by atoms with Crippen LogP contribution < -0.4 is 10.6 Å². The average Bonchev–Trinajstić information content (AvgIpc) is 2.47. The first kappa shape index (κ1) is 13.3. The van der Waals surface area contributed by atoms with Gasteiger partial charge in [-0.3, -0.25) is 19.7 Å². The Morgan fingerprint density at radius 2 is 1.57 bits per heavy atom. The van der Waals surface area contributed by atoms with Crippen molar-refractivity contribution in [1.29, 1.82) is 0 Å². The number of amides is 2. The molecule has 0 spiro atoms. The minimum atomic E-state index is -0.542. The molecule has 2 amide bonds. The van der Waals surface area contributed by atoms with Crippen LogP contribution in [0.5, 0.6) is 0 Å². The summed E-state index contributed by atoms with van der Waals surface area (Å²) in [5.41, 5.74) is 0.506. The Bertz CT molecular complexity index is 668. The van der Waals surface area contributed by atoms with E-state index in [2.05, 4.69) is 10.6 Å². The van der Waals surface area contributed by atoms with Crippen LogP contribution in [0.3, 0.4) is 0 Å². The predicted octanol–water partition coefficient (Wildman–Crippen LogP) is 2.07. The zero-order valence-corrected chi connectivity index (χ0v) is 11.0. The maximum Gasteiger partial charge on any atom is 0.271 e. The maximum absolute atomic E-state index is 12.3. The third kappa shape index (κ3) is 2.37. The minimum Gasteiger partial charge on any atom is -0.324 e. The summed E-state index contributed by atoms with van der Waals surface area (Å²) in [7, 11) is 0. The van der Waals surface area contributed by atoms with Gasteiger partial charge in [-0.2, -0.15) is 0 Å². The Morgan fingerprint density at radius 3 is 2.14 bits per heavy atom. The van der Waals surface area contributed by atoms with E-state index in [0.29, 0.717) is 18.5 Å². The molecule has 1 aliphatic heterocycles. The number of carbonyl (C=O) groups excluding carboxylic acids is 2. The van der Waals surface area contributed by atoms with E-state index >= 15 is 0 Å². The highest BCUT2D eigenvalue weighted by Gasteiger charge is 2.36. The van der Waals surface area contributed by atoms with Crippen molar-refractivity contribution in [2.24, 2.45) is 11.8 Å². The van der Waals surface area contributed by atoms with Crippen LogP contribution >= 0.6 is 0 Å². The van der Waals surface area contributed by atoms with Crippen molar-refractivity contribution in [3.05, 3.63) is 40.5 Å². The molecule has 7 heteroatoms. The van der Waals surface area contributed by atoms with E-state index in [1.165, 1.54) is 18.2 Å². The molecule has 1 aromatic carbocycles. The van der Waals surface area contributed by atoms with Crippen LogP contribution in [0.4, 0.5) is 17.1 Å². The van der Waals surface area contributed by atoms with Crippen LogP contribution in [-0.4, -0.2) is 16.7 Å². The molecule has 2 atom stereocenters. The molecule has 1 aromatic rings. The van der Waals surface area contributed by atoms with Gasteiger partial charge in [0.1, 0.15) is 0 Å².